The Hall–Kier alpha value is -2.79. The first-order chi connectivity index (χ1) is 15.3. The van der Waals surface area contributed by atoms with Crippen LogP contribution in [0.15, 0.2) is 76.0 Å². The molecule has 0 atom stereocenters. The molecule has 0 saturated heterocycles. The maximum atomic E-state index is 10.5. The molecule has 32 heavy (non-hydrogen) atoms. The fourth-order valence-electron chi connectivity index (χ4n) is 4.42. The second kappa shape index (κ2) is 6.61. The fourth-order valence-corrected chi connectivity index (χ4v) is 5.34. The molecule has 4 heteroatoms. The first-order valence-corrected chi connectivity index (χ1v) is 11.6. The van der Waals surface area contributed by atoms with Crippen LogP contribution in [0, 0.1) is 0 Å². The standard InChI is InChI=1S/C28H24O3S/c1-27(2,29)28(3,4)31-32-22-15-12-16-8-7-10-19-23(16)25(22)20-14-13-18-17-9-5-6-11-21(17)30-26(18)24(19)20/h5-15,29H,1-4H3. The molecule has 0 radical (unpaired) electrons. The molecule has 1 aliphatic carbocycles. The predicted molar refractivity (Wildman–Crippen MR) is 133 cm³/mol. The minimum atomic E-state index is -0.972. The highest BCUT2D eigenvalue weighted by molar-refractivity contribution is 7.94. The highest BCUT2D eigenvalue weighted by atomic mass is 32.2. The maximum absolute atomic E-state index is 10.5. The van der Waals surface area contributed by atoms with Gasteiger partial charge in [0.1, 0.15) is 16.8 Å². The lowest BCUT2D eigenvalue weighted by atomic mass is 9.90. The molecule has 0 amide bonds. The van der Waals surface area contributed by atoms with E-state index < -0.39 is 11.2 Å². The Kier molecular flexibility index (Phi) is 4.10. The van der Waals surface area contributed by atoms with Gasteiger partial charge in [0.15, 0.2) is 0 Å². The Morgan fingerprint density at radius 3 is 2.41 bits per heavy atom. The van der Waals surface area contributed by atoms with Gasteiger partial charge < -0.3 is 13.7 Å². The molecule has 3 nitrogen and oxygen atoms in total. The topological polar surface area (TPSA) is 42.6 Å². The van der Waals surface area contributed by atoms with Crippen LogP contribution >= 0.6 is 12.0 Å². The Balaban J connectivity index is 1.59. The quantitative estimate of drug-likeness (QED) is 0.282. The number of hydrogen-bond donors (Lipinski definition) is 1. The van der Waals surface area contributed by atoms with E-state index in [0.29, 0.717) is 0 Å². The molecule has 0 unspecified atom stereocenters. The first kappa shape index (κ1) is 19.9. The third kappa shape index (κ3) is 2.70. The second-order valence-electron chi connectivity index (χ2n) is 9.54. The normalized spacial score (nSPS) is 13.4. The van der Waals surface area contributed by atoms with Crippen LogP contribution in [-0.4, -0.2) is 16.3 Å². The molecule has 0 spiro atoms. The van der Waals surface area contributed by atoms with Crippen LogP contribution in [0.1, 0.15) is 27.7 Å². The van der Waals surface area contributed by atoms with Crippen LogP contribution in [0.5, 0.6) is 0 Å². The van der Waals surface area contributed by atoms with Crippen molar-refractivity contribution in [3.63, 3.8) is 0 Å². The van der Waals surface area contributed by atoms with Crippen LogP contribution in [-0.2, 0) is 4.18 Å². The van der Waals surface area contributed by atoms with Gasteiger partial charge in [0.05, 0.1) is 5.60 Å². The zero-order valence-corrected chi connectivity index (χ0v) is 19.3. The van der Waals surface area contributed by atoms with Gasteiger partial charge in [-0.2, -0.15) is 0 Å². The van der Waals surface area contributed by atoms with E-state index in [4.69, 9.17) is 8.60 Å². The minimum Gasteiger partial charge on any atom is -0.455 e. The lowest BCUT2D eigenvalue weighted by Gasteiger charge is -2.36. The fraction of sp³-hybridized carbons (Fsp3) is 0.214. The first-order valence-electron chi connectivity index (χ1n) is 10.8. The van der Waals surface area contributed by atoms with Crippen molar-refractivity contribution < 1.29 is 13.7 Å². The summed E-state index contributed by atoms with van der Waals surface area (Å²) in [5.41, 5.74) is 4.83. The Morgan fingerprint density at radius 1 is 0.781 bits per heavy atom. The van der Waals surface area contributed by atoms with E-state index in [1.165, 1.54) is 33.9 Å². The minimum absolute atomic E-state index is 0.719. The van der Waals surface area contributed by atoms with Crippen LogP contribution in [0.2, 0.25) is 0 Å². The molecule has 1 aliphatic rings. The van der Waals surface area contributed by atoms with Crippen molar-refractivity contribution in [2.24, 2.45) is 0 Å². The highest BCUT2D eigenvalue weighted by Gasteiger charge is 2.37. The van der Waals surface area contributed by atoms with Gasteiger partial charge in [0, 0.05) is 38.8 Å². The van der Waals surface area contributed by atoms with Gasteiger partial charge in [-0.1, -0.05) is 48.5 Å². The molecular weight excluding hydrogens is 416 g/mol. The lowest BCUT2D eigenvalue weighted by molar-refractivity contribution is -0.0813. The van der Waals surface area contributed by atoms with Gasteiger partial charge in [-0.3, -0.25) is 0 Å². The number of fused-ring (bicyclic) bond motifs is 7. The predicted octanol–water partition coefficient (Wildman–Crippen LogP) is 7.96. The molecule has 0 aliphatic heterocycles. The number of para-hydroxylation sites is 1. The zero-order valence-electron chi connectivity index (χ0n) is 18.5. The monoisotopic (exact) mass is 440 g/mol. The van der Waals surface area contributed by atoms with Gasteiger partial charge in [-0.15, -0.1) is 0 Å². The Morgan fingerprint density at radius 2 is 1.59 bits per heavy atom. The van der Waals surface area contributed by atoms with Crippen molar-refractivity contribution >= 4 is 44.8 Å². The van der Waals surface area contributed by atoms with E-state index in [9.17, 15) is 5.11 Å². The van der Waals surface area contributed by atoms with Crippen LogP contribution < -0.4 is 0 Å². The van der Waals surface area contributed by atoms with Crippen molar-refractivity contribution in [3.05, 3.63) is 66.7 Å². The van der Waals surface area contributed by atoms with Gasteiger partial charge in [-0.05, 0) is 67.8 Å². The molecule has 1 heterocycles. The van der Waals surface area contributed by atoms with Crippen molar-refractivity contribution in [2.45, 2.75) is 43.8 Å². The summed E-state index contributed by atoms with van der Waals surface area (Å²) >= 11 is 1.34. The van der Waals surface area contributed by atoms with E-state index in [-0.39, 0.29) is 0 Å². The Bertz CT molecular complexity index is 1540. The van der Waals surface area contributed by atoms with Crippen molar-refractivity contribution in [3.8, 4) is 22.3 Å². The number of benzene rings is 4. The van der Waals surface area contributed by atoms with E-state index in [2.05, 4.69) is 54.6 Å². The van der Waals surface area contributed by atoms with E-state index in [1.54, 1.807) is 13.8 Å². The lowest BCUT2D eigenvalue weighted by Crippen LogP contribution is -2.45. The second-order valence-corrected chi connectivity index (χ2v) is 10.3. The molecule has 4 aromatic carbocycles. The molecule has 160 valence electrons. The maximum Gasteiger partial charge on any atom is 0.143 e. The largest absolute Gasteiger partial charge is 0.455 e. The molecule has 5 aromatic rings. The average Bonchev–Trinajstić information content (AvgIpc) is 3.30. The van der Waals surface area contributed by atoms with E-state index in [0.717, 1.165) is 38.0 Å². The van der Waals surface area contributed by atoms with Gasteiger partial charge in [-0.25, -0.2) is 0 Å². The smallest absolute Gasteiger partial charge is 0.143 e. The average molecular weight is 441 g/mol. The van der Waals surface area contributed by atoms with Crippen LogP contribution in [0.4, 0.5) is 0 Å². The molecule has 1 aromatic heterocycles. The number of furan rings is 1. The molecular formula is C28H24O3S. The Labute approximate surface area is 191 Å². The summed E-state index contributed by atoms with van der Waals surface area (Å²) in [4.78, 5) is 1.04. The van der Waals surface area contributed by atoms with Crippen LogP contribution in [0.3, 0.4) is 0 Å². The molecule has 0 bridgehead atoms. The third-order valence-corrected chi connectivity index (χ3v) is 7.93. The summed E-state index contributed by atoms with van der Waals surface area (Å²) in [6.07, 6.45) is 0. The summed E-state index contributed by atoms with van der Waals surface area (Å²) in [6, 6.07) is 23.3. The summed E-state index contributed by atoms with van der Waals surface area (Å²) in [5.74, 6) is 0. The van der Waals surface area contributed by atoms with E-state index in [1.807, 2.05) is 26.0 Å². The van der Waals surface area contributed by atoms with Crippen LogP contribution in [0.25, 0.3) is 55.0 Å². The number of hydrogen-bond acceptors (Lipinski definition) is 4. The zero-order chi connectivity index (χ0) is 22.3. The summed E-state index contributed by atoms with van der Waals surface area (Å²) < 4.78 is 12.6. The van der Waals surface area contributed by atoms with Crippen molar-refractivity contribution in [1.82, 2.24) is 0 Å². The van der Waals surface area contributed by atoms with Gasteiger partial charge in [0.25, 0.3) is 0 Å². The van der Waals surface area contributed by atoms with Gasteiger partial charge in [0.2, 0.25) is 0 Å². The summed E-state index contributed by atoms with van der Waals surface area (Å²) in [7, 11) is 0. The van der Waals surface area contributed by atoms with Gasteiger partial charge >= 0.3 is 0 Å². The van der Waals surface area contributed by atoms with Crippen molar-refractivity contribution in [2.75, 3.05) is 0 Å². The SMILES string of the molecule is CC(C)(O)C(C)(C)OSc1ccc2cccc3c2c1-c1ccc2c(oc4ccccc42)c1-3. The number of aliphatic hydroxyl groups is 1. The number of rotatable bonds is 4. The molecule has 0 fully saturated rings. The summed E-state index contributed by atoms with van der Waals surface area (Å²) in [5, 5.41) is 15.2. The molecule has 6 rings (SSSR count). The highest BCUT2D eigenvalue weighted by Crippen LogP contribution is 2.54. The van der Waals surface area contributed by atoms with E-state index >= 15 is 0 Å². The molecule has 1 N–H and O–H groups in total. The van der Waals surface area contributed by atoms with Crippen molar-refractivity contribution in [1.29, 1.82) is 0 Å². The summed E-state index contributed by atoms with van der Waals surface area (Å²) in [6.45, 7) is 7.38. The third-order valence-electron chi connectivity index (χ3n) is 6.91. The molecule has 0 saturated carbocycles.